The molecule has 6 rings (SSSR count). The van der Waals surface area contributed by atoms with Crippen molar-refractivity contribution in [3.8, 4) is 67.6 Å². The SMILES string of the molecule is COc1ccc(-c2cc(-c3cc(OC)c(OC)c(OC)c3)no2)cc1OCCOc1cccc(-c2nc3ccccc3s2)c1. The number of hydrogen-bond donors (Lipinski definition) is 0. The molecule has 10 heteroatoms. The number of hydrogen-bond acceptors (Lipinski definition) is 10. The van der Waals surface area contributed by atoms with Crippen LogP contribution < -0.4 is 28.4 Å². The van der Waals surface area contributed by atoms with Gasteiger partial charge < -0.3 is 32.9 Å². The van der Waals surface area contributed by atoms with Gasteiger partial charge in [-0.3, -0.25) is 0 Å². The van der Waals surface area contributed by atoms with Crippen LogP contribution in [0.2, 0.25) is 0 Å². The summed E-state index contributed by atoms with van der Waals surface area (Å²) in [4.78, 5) is 4.75. The lowest BCUT2D eigenvalue weighted by molar-refractivity contribution is 0.211. The second kappa shape index (κ2) is 13.0. The highest BCUT2D eigenvalue weighted by Gasteiger charge is 2.18. The summed E-state index contributed by atoms with van der Waals surface area (Å²) in [6.45, 7) is 0.641. The summed E-state index contributed by atoms with van der Waals surface area (Å²) in [5.41, 5.74) is 4.14. The number of fused-ring (bicyclic) bond motifs is 1. The lowest BCUT2D eigenvalue weighted by Gasteiger charge is -2.13. The van der Waals surface area contributed by atoms with Crippen LogP contribution in [-0.2, 0) is 0 Å². The van der Waals surface area contributed by atoms with Crippen LogP contribution >= 0.6 is 11.3 Å². The summed E-state index contributed by atoms with van der Waals surface area (Å²) in [5.74, 6) is 4.01. The van der Waals surface area contributed by atoms with Crippen LogP contribution in [0.1, 0.15) is 0 Å². The molecule has 0 unspecified atom stereocenters. The zero-order valence-electron chi connectivity index (χ0n) is 24.7. The minimum absolute atomic E-state index is 0.304. The molecule has 0 spiro atoms. The van der Waals surface area contributed by atoms with Gasteiger partial charge in [0.15, 0.2) is 28.8 Å². The predicted octanol–water partition coefficient (Wildman–Crippen LogP) is 7.78. The fourth-order valence-corrected chi connectivity index (χ4v) is 5.71. The van der Waals surface area contributed by atoms with E-state index < -0.39 is 0 Å². The van der Waals surface area contributed by atoms with Gasteiger partial charge in [0.1, 0.15) is 29.7 Å². The molecule has 0 aliphatic carbocycles. The molecular formula is C34H30N2O7S. The molecule has 224 valence electrons. The Morgan fingerprint density at radius 1 is 0.636 bits per heavy atom. The van der Waals surface area contributed by atoms with E-state index in [0.29, 0.717) is 53.4 Å². The van der Waals surface area contributed by atoms with Gasteiger partial charge in [-0.1, -0.05) is 29.4 Å². The van der Waals surface area contributed by atoms with Gasteiger partial charge in [-0.25, -0.2) is 4.98 Å². The van der Waals surface area contributed by atoms with E-state index in [4.69, 9.17) is 37.9 Å². The van der Waals surface area contributed by atoms with E-state index in [-0.39, 0.29) is 0 Å². The number of aromatic nitrogens is 2. The fraction of sp³-hybridized carbons (Fsp3) is 0.176. The summed E-state index contributed by atoms with van der Waals surface area (Å²) < 4.78 is 40.9. The third kappa shape index (κ3) is 5.97. The lowest BCUT2D eigenvalue weighted by atomic mass is 10.1. The van der Waals surface area contributed by atoms with Crippen molar-refractivity contribution >= 4 is 21.6 Å². The number of thiazole rings is 1. The average molecular weight is 611 g/mol. The lowest BCUT2D eigenvalue weighted by Crippen LogP contribution is -2.09. The first kappa shape index (κ1) is 28.9. The predicted molar refractivity (Wildman–Crippen MR) is 170 cm³/mol. The van der Waals surface area contributed by atoms with Crippen molar-refractivity contribution in [1.29, 1.82) is 0 Å². The first-order chi connectivity index (χ1) is 21.6. The minimum Gasteiger partial charge on any atom is -0.493 e. The van der Waals surface area contributed by atoms with Gasteiger partial charge in [0.2, 0.25) is 5.75 Å². The highest BCUT2D eigenvalue weighted by atomic mass is 32.1. The van der Waals surface area contributed by atoms with Crippen LogP contribution in [0.4, 0.5) is 0 Å². The van der Waals surface area contributed by atoms with Gasteiger partial charge in [-0.2, -0.15) is 0 Å². The number of rotatable bonds is 12. The summed E-state index contributed by atoms with van der Waals surface area (Å²) in [7, 11) is 6.30. The number of nitrogens with zero attached hydrogens (tertiary/aromatic N) is 2. The third-order valence-corrected chi connectivity index (χ3v) is 7.99. The third-order valence-electron chi connectivity index (χ3n) is 6.90. The smallest absolute Gasteiger partial charge is 0.203 e. The van der Waals surface area contributed by atoms with Gasteiger partial charge in [-0.15, -0.1) is 11.3 Å². The Balaban J connectivity index is 1.14. The molecular weight excluding hydrogens is 580 g/mol. The van der Waals surface area contributed by atoms with Crippen LogP contribution in [0.5, 0.6) is 34.5 Å². The summed E-state index contributed by atoms with van der Waals surface area (Å²) in [6.07, 6.45) is 0. The quantitative estimate of drug-likeness (QED) is 0.129. The van der Waals surface area contributed by atoms with Crippen molar-refractivity contribution in [3.05, 3.63) is 84.9 Å². The molecule has 0 aliphatic rings. The van der Waals surface area contributed by atoms with E-state index in [1.54, 1.807) is 39.8 Å². The molecule has 0 fully saturated rings. The van der Waals surface area contributed by atoms with Crippen molar-refractivity contribution < 1.29 is 32.9 Å². The normalized spacial score (nSPS) is 10.9. The van der Waals surface area contributed by atoms with Crippen molar-refractivity contribution in [2.75, 3.05) is 41.7 Å². The maximum Gasteiger partial charge on any atom is 0.203 e. The zero-order valence-corrected chi connectivity index (χ0v) is 25.5. The van der Waals surface area contributed by atoms with Crippen LogP contribution in [-0.4, -0.2) is 51.8 Å². The van der Waals surface area contributed by atoms with E-state index in [2.05, 4.69) is 11.2 Å². The van der Waals surface area contributed by atoms with E-state index in [1.165, 1.54) is 0 Å². The zero-order chi connectivity index (χ0) is 30.5. The molecule has 6 aromatic rings. The number of benzene rings is 4. The highest BCUT2D eigenvalue weighted by Crippen LogP contribution is 2.42. The number of methoxy groups -OCH3 is 4. The molecule has 2 aromatic heterocycles. The van der Waals surface area contributed by atoms with Crippen LogP contribution in [0.25, 0.3) is 43.4 Å². The van der Waals surface area contributed by atoms with Gasteiger partial charge in [0.05, 0.1) is 38.7 Å². The molecule has 4 aromatic carbocycles. The van der Waals surface area contributed by atoms with E-state index in [9.17, 15) is 0 Å². The Morgan fingerprint density at radius 3 is 2.14 bits per heavy atom. The van der Waals surface area contributed by atoms with Gasteiger partial charge in [0.25, 0.3) is 0 Å². The van der Waals surface area contributed by atoms with Crippen LogP contribution in [0, 0.1) is 0 Å². The molecule has 0 N–H and O–H groups in total. The van der Waals surface area contributed by atoms with Crippen LogP contribution in [0.15, 0.2) is 89.5 Å². The van der Waals surface area contributed by atoms with E-state index >= 15 is 0 Å². The standard InChI is InChI=1S/C34H30N2O7S/c1-37-27-13-12-21(28-20-26(36-43-28)23-18-30(38-2)33(40-4)31(19-23)39-3)17-29(27)42-15-14-41-24-9-7-8-22(16-24)34-35-25-10-5-6-11-32(25)44-34/h5-13,16-20H,14-15H2,1-4H3. The number of ether oxygens (including phenoxy) is 6. The summed E-state index contributed by atoms with van der Waals surface area (Å²) >= 11 is 1.66. The second-order valence-electron chi connectivity index (χ2n) is 9.57. The Bertz CT molecular complexity index is 1840. The summed E-state index contributed by atoms with van der Waals surface area (Å²) in [5, 5.41) is 5.22. The molecule has 0 aliphatic heterocycles. The highest BCUT2D eigenvalue weighted by molar-refractivity contribution is 7.21. The second-order valence-corrected chi connectivity index (χ2v) is 10.6. The van der Waals surface area contributed by atoms with Gasteiger partial charge in [-0.05, 0) is 54.6 Å². The van der Waals surface area contributed by atoms with Gasteiger partial charge in [0, 0.05) is 22.8 Å². The van der Waals surface area contributed by atoms with Crippen LogP contribution in [0.3, 0.4) is 0 Å². The summed E-state index contributed by atoms with van der Waals surface area (Å²) in [6, 6.07) is 27.1. The molecule has 9 nitrogen and oxygen atoms in total. The van der Waals surface area contributed by atoms with Crippen molar-refractivity contribution in [3.63, 3.8) is 0 Å². The molecule has 0 radical (unpaired) electrons. The maximum atomic E-state index is 6.07. The minimum atomic E-state index is 0.304. The first-order valence-electron chi connectivity index (χ1n) is 13.8. The van der Waals surface area contributed by atoms with Crippen molar-refractivity contribution in [2.45, 2.75) is 0 Å². The Kier molecular flexibility index (Phi) is 8.51. The Labute approximate surface area is 258 Å². The first-order valence-corrected chi connectivity index (χ1v) is 14.6. The molecule has 2 heterocycles. The van der Waals surface area contributed by atoms with Gasteiger partial charge >= 0.3 is 0 Å². The topological polar surface area (TPSA) is 94.3 Å². The maximum absolute atomic E-state index is 6.07. The Hall–Kier alpha value is -5.22. The van der Waals surface area contributed by atoms with Crippen molar-refractivity contribution in [2.24, 2.45) is 0 Å². The number of para-hydroxylation sites is 1. The monoisotopic (exact) mass is 610 g/mol. The fourth-order valence-electron chi connectivity index (χ4n) is 4.74. The largest absolute Gasteiger partial charge is 0.493 e. The molecule has 0 saturated heterocycles. The molecule has 44 heavy (non-hydrogen) atoms. The van der Waals surface area contributed by atoms with Crippen molar-refractivity contribution in [1.82, 2.24) is 10.1 Å². The van der Waals surface area contributed by atoms with E-state index in [0.717, 1.165) is 37.7 Å². The molecule has 0 amide bonds. The molecule has 0 bridgehead atoms. The Morgan fingerprint density at radius 2 is 1.39 bits per heavy atom. The molecule has 0 atom stereocenters. The molecule has 0 saturated carbocycles. The average Bonchev–Trinajstić information content (AvgIpc) is 3.74. The van der Waals surface area contributed by atoms with E-state index in [1.807, 2.05) is 78.9 Å².